The molecule has 2 saturated heterocycles. The van der Waals surface area contributed by atoms with Gasteiger partial charge in [0.2, 0.25) is 5.91 Å². The van der Waals surface area contributed by atoms with Crippen LogP contribution in [0.2, 0.25) is 5.02 Å². The predicted molar refractivity (Wildman–Crippen MR) is 94.8 cm³/mol. The van der Waals surface area contributed by atoms with Gasteiger partial charge < -0.3 is 15.8 Å². The van der Waals surface area contributed by atoms with Gasteiger partial charge in [-0.05, 0) is 49.9 Å². The highest BCUT2D eigenvalue weighted by Crippen LogP contribution is 2.22. The molecule has 3 rings (SSSR count). The van der Waals surface area contributed by atoms with E-state index in [2.05, 4.69) is 10.2 Å². The molecule has 2 fully saturated rings. The maximum absolute atomic E-state index is 13.2. The van der Waals surface area contributed by atoms with Gasteiger partial charge in [0.15, 0.2) is 0 Å². The molecule has 1 atom stereocenters. The molecule has 2 heterocycles. The smallest absolute Gasteiger partial charge is 0.240 e. The Morgan fingerprint density at radius 2 is 2.20 bits per heavy atom. The van der Waals surface area contributed by atoms with Crippen molar-refractivity contribution in [1.82, 2.24) is 10.2 Å². The quantitative estimate of drug-likeness (QED) is 0.852. The second-order valence-corrected chi connectivity index (χ2v) is 7.46. The molecule has 138 valence electrons. The number of nitrogens with two attached hydrogens (primary N) is 1. The normalized spacial score (nSPS) is 24.0. The Bertz CT molecular complexity index is 622. The third-order valence-electron chi connectivity index (χ3n) is 5.09. The summed E-state index contributed by atoms with van der Waals surface area (Å²) in [5.41, 5.74) is 6.33. The van der Waals surface area contributed by atoms with Crippen LogP contribution in [0.15, 0.2) is 18.2 Å². The first-order chi connectivity index (χ1) is 12.0. The van der Waals surface area contributed by atoms with E-state index in [-0.39, 0.29) is 17.8 Å². The Morgan fingerprint density at radius 1 is 1.44 bits per heavy atom. The number of amides is 1. The summed E-state index contributed by atoms with van der Waals surface area (Å²) in [6.07, 6.45) is 3.04. The molecule has 0 saturated carbocycles. The van der Waals surface area contributed by atoms with Gasteiger partial charge in [-0.3, -0.25) is 9.69 Å². The van der Waals surface area contributed by atoms with Gasteiger partial charge in [0.1, 0.15) is 5.82 Å². The van der Waals surface area contributed by atoms with Gasteiger partial charge in [-0.2, -0.15) is 0 Å². The van der Waals surface area contributed by atoms with Gasteiger partial charge in [-0.1, -0.05) is 17.7 Å². The van der Waals surface area contributed by atoms with E-state index in [1.807, 2.05) is 0 Å². The number of hydrogen-bond donors (Lipinski definition) is 2. The minimum atomic E-state index is -0.819. The number of nitrogens with one attached hydrogen (secondary N) is 1. The Balaban J connectivity index is 1.56. The summed E-state index contributed by atoms with van der Waals surface area (Å²) in [4.78, 5) is 14.8. The summed E-state index contributed by atoms with van der Waals surface area (Å²) in [7, 11) is 0. The molecule has 25 heavy (non-hydrogen) atoms. The average molecular weight is 370 g/mol. The fourth-order valence-corrected chi connectivity index (χ4v) is 3.73. The first-order valence-electron chi connectivity index (χ1n) is 8.80. The average Bonchev–Trinajstić information content (AvgIpc) is 2.58. The number of nitrogens with zero attached hydrogens (tertiary/aromatic N) is 1. The molecule has 1 amide bonds. The Hall–Kier alpha value is -1.21. The number of carbonyl (C=O) groups is 1. The third kappa shape index (κ3) is 4.70. The molecule has 2 aliphatic rings. The number of likely N-dealkylation sites (tertiary alicyclic amines) is 1. The van der Waals surface area contributed by atoms with Crippen LogP contribution in [0.3, 0.4) is 0 Å². The number of hydrogen-bond acceptors (Lipinski definition) is 4. The van der Waals surface area contributed by atoms with Gasteiger partial charge in [-0.25, -0.2) is 4.39 Å². The second kappa shape index (κ2) is 7.99. The Kier molecular flexibility index (Phi) is 5.94. The largest absolute Gasteiger partial charge is 0.381 e. The van der Waals surface area contributed by atoms with Crippen molar-refractivity contribution in [1.29, 1.82) is 0 Å². The third-order valence-corrected chi connectivity index (χ3v) is 5.44. The van der Waals surface area contributed by atoms with Crippen LogP contribution >= 0.6 is 11.6 Å². The number of rotatable bonds is 4. The predicted octanol–water partition coefficient (Wildman–Crippen LogP) is 2.07. The van der Waals surface area contributed by atoms with Crippen LogP contribution in [0.25, 0.3) is 0 Å². The summed E-state index contributed by atoms with van der Waals surface area (Å²) in [5, 5.41) is 3.55. The van der Waals surface area contributed by atoms with Crippen molar-refractivity contribution < 1.29 is 13.9 Å². The number of benzene rings is 1. The van der Waals surface area contributed by atoms with Gasteiger partial charge in [-0.15, -0.1) is 0 Å². The van der Waals surface area contributed by atoms with Crippen molar-refractivity contribution in [3.05, 3.63) is 34.6 Å². The van der Waals surface area contributed by atoms with E-state index in [1.54, 1.807) is 6.07 Å². The highest BCUT2D eigenvalue weighted by Gasteiger charge is 2.37. The first kappa shape index (κ1) is 18.6. The molecule has 5 nitrogen and oxygen atoms in total. The van der Waals surface area contributed by atoms with Gasteiger partial charge in [0, 0.05) is 37.4 Å². The molecule has 2 aliphatic heterocycles. The van der Waals surface area contributed by atoms with E-state index in [9.17, 15) is 9.18 Å². The maximum Gasteiger partial charge on any atom is 0.240 e. The van der Waals surface area contributed by atoms with Crippen LogP contribution in [0.4, 0.5) is 4.39 Å². The van der Waals surface area contributed by atoms with Crippen LogP contribution in [0.5, 0.6) is 0 Å². The van der Waals surface area contributed by atoms with Crippen molar-refractivity contribution in [2.75, 3.05) is 26.3 Å². The molecule has 1 aromatic carbocycles. The van der Waals surface area contributed by atoms with Crippen molar-refractivity contribution in [2.45, 2.75) is 43.8 Å². The lowest BCUT2D eigenvalue weighted by Crippen LogP contribution is -2.60. The minimum absolute atomic E-state index is 0.0729. The fourth-order valence-electron chi connectivity index (χ4n) is 3.50. The highest BCUT2D eigenvalue weighted by atomic mass is 35.5. The van der Waals surface area contributed by atoms with Crippen LogP contribution in [0.1, 0.15) is 31.2 Å². The van der Waals surface area contributed by atoms with Gasteiger partial charge in [0.25, 0.3) is 0 Å². The fraction of sp³-hybridized carbons (Fsp3) is 0.611. The summed E-state index contributed by atoms with van der Waals surface area (Å²) in [6.45, 7) is 3.38. The number of ether oxygens (including phenoxy) is 1. The zero-order chi connectivity index (χ0) is 17.9. The Morgan fingerprint density at radius 3 is 2.92 bits per heavy atom. The zero-order valence-corrected chi connectivity index (χ0v) is 15.0. The summed E-state index contributed by atoms with van der Waals surface area (Å²) >= 11 is 6.12. The van der Waals surface area contributed by atoms with E-state index in [4.69, 9.17) is 22.1 Å². The van der Waals surface area contributed by atoms with E-state index in [1.165, 1.54) is 12.1 Å². The molecule has 0 bridgehead atoms. The number of halogens is 2. The lowest BCUT2D eigenvalue weighted by Gasteiger charge is -2.37. The molecule has 3 N–H and O–H groups in total. The molecular formula is C18H25ClFN3O2. The lowest BCUT2D eigenvalue weighted by atomic mass is 9.89. The van der Waals surface area contributed by atoms with E-state index < -0.39 is 5.54 Å². The molecule has 1 aromatic rings. The molecule has 7 heteroatoms. The molecule has 0 aliphatic carbocycles. The SMILES string of the molecule is NC1(C(=O)NC2CCCN(Cc3ccc(F)cc3Cl)C2)CCOCC1. The molecular weight excluding hydrogens is 345 g/mol. The number of carbonyl (C=O) groups excluding carboxylic acids is 1. The van der Waals surface area contributed by atoms with Crippen LogP contribution < -0.4 is 11.1 Å². The Labute approximate surface area is 152 Å². The number of piperidine rings is 1. The summed E-state index contributed by atoms with van der Waals surface area (Å²) < 4.78 is 18.5. The lowest BCUT2D eigenvalue weighted by molar-refractivity contribution is -0.130. The maximum atomic E-state index is 13.2. The van der Waals surface area contributed by atoms with Crippen LogP contribution in [-0.4, -0.2) is 48.7 Å². The topological polar surface area (TPSA) is 67.6 Å². The van der Waals surface area contributed by atoms with Gasteiger partial charge in [0.05, 0.1) is 5.54 Å². The second-order valence-electron chi connectivity index (χ2n) is 7.05. The van der Waals surface area contributed by atoms with Crippen molar-refractivity contribution in [3.8, 4) is 0 Å². The summed E-state index contributed by atoms with van der Waals surface area (Å²) in [5.74, 6) is -0.412. The standard InChI is InChI=1S/C18H25ClFN3O2/c19-16-10-14(20)4-3-13(16)11-23-7-1-2-15(12-23)22-17(24)18(21)5-8-25-9-6-18/h3-4,10,15H,1-2,5-9,11-12,21H2,(H,22,24). The van der Waals surface area contributed by atoms with Crippen molar-refractivity contribution in [3.63, 3.8) is 0 Å². The summed E-state index contributed by atoms with van der Waals surface area (Å²) in [6, 6.07) is 4.55. The molecule has 0 spiro atoms. The minimum Gasteiger partial charge on any atom is -0.381 e. The van der Waals surface area contributed by atoms with Crippen LogP contribution in [0, 0.1) is 5.82 Å². The zero-order valence-electron chi connectivity index (χ0n) is 14.3. The van der Waals surface area contributed by atoms with E-state index in [0.717, 1.165) is 31.5 Å². The molecule has 0 radical (unpaired) electrons. The molecule has 1 unspecified atom stereocenters. The van der Waals surface area contributed by atoms with Crippen LogP contribution in [-0.2, 0) is 16.1 Å². The van der Waals surface area contributed by atoms with Crippen molar-refractivity contribution in [2.24, 2.45) is 5.73 Å². The van der Waals surface area contributed by atoms with E-state index in [0.29, 0.717) is 37.6 Å². The van der Waals surface area contributed by atoms with Crippen molar-refractivity contribution >= 4 is 17.5 Å². The van der Waals surface area contributed by atoms with E-state index >= 15 is 0 Å². The monoisotopic (exact) mass is 369 g/mol. The highest BCUT2D eigenvalue weighted by molar-refractivity contribution is 6.31. The first-order valence-corrected chi connectivity index (χ1v) is 9.18. The van der Waals surface area contributed by atoms with Gasteiger partial charge >= 0.3 is 0 Å². The molecule has 0 aromatic heterocycles.